The topological polar surface area (TPSA) is 68.2 Å². The van der Waals surface area contributed by atoms with Crippen molar-refractivity contribution in [2.45, 2.75) is 18.9 Å². The summed E-state index contributed by atoms with van der Waals surface area (Å²) in [5, 5.41) is 4.15. The number of hydrogen-bond donors (Lipinski definition) is 1. The van der Waals surface area contributed by atoms with Gasteiger partial charge in [0, 0.05) is 30.2 Å². The van der Waals surface area contributed by atoms with Crippen LogP contribution in [-0.2, 0) is 12.8 Å². The Balaban J connectivity index is 1.64. The first-order valence-electron chi connectivity index (χ1n) is 7.18. The summed E-state index contributed by atoms with van der Waals surface area (Å²) in [5.41, 5.74) is 7.90. The van der Waals surface area contributed by atoms with Gasteiger partial charge in [0.1, 0.15) is 0 Å². The molecule has 1 aromatic carbocycles. The van der Waals surface area contributed by atoms with Crippen molar-refractivity contribution in [1.29, 1.82) is 0 Å². The Hall–Kier alpha value is -1.53. The lowest BCUT2D eigenvalue weighted by Gasteiger charge is -2.29. The molecule has 0 bridgehead atoms. The molecule has 0 saturated carbocycles. The predicted molar refractivity (Wildman–Crippen MR) is 85.3 cm³/mol. The van der Waals surface area contributed by atoms with Crippen LogP contribution in [0.4, 0.5) is 5.69 Å². The van der Waals surface area contributed by atoms with Crippen LogP contribution in [0.3, 0.4) is 0 Å². The van der Waals surface area contributed by atoms with Crippen molar-refractivity contribution in [3.8, 4) is 0 Å². The molecule has 2 N–H and O–H groups in total. The fourth-order valence-electron chi connectivity index (χ4n) is 2.47. The Bertz CT molecular complexity index is 601. The molecule has 2 heterocycles. The van der Waals surface area contributed by atoms with Crippen LogP contribution in [0.1, 0.15) is 23.3 Å². The quantitative estimate of drug-likeness (QED) is 0.873. The number of aromatic nitrogens is 2. The van der Waals surface area contributed by atoms with Crippen molar-refractivity contribution in [2.24, 2.45) is 0 Å². The molecule has 0 aliphatic carbocycles. The highest BCUT2D eigenvalue weighted by atomic mass is 32.2. The summed E-state index contributed by atoms with van der Waals surface area (Å²) in [7, 11) is 2.12. The van der Waals surface area contributed by atoms with Gasteiger partial charge in [-0.15, -0.1) is 0 Å². The number of hydrogen-bond acceptors (Lipinski definition) is 6. The molecule has 1 fully saturated rings. The number of benzene rings is 1. The molecule has 5 nitrogen and oxygen atoms in total. The first-order valence-corrected chi connectivity index (χ1v) is 8.33. The van der Waals surface area contributed by atoms with Crippen LogP contribution in [0.5, 0.6) is 0 Å². The number of thioether (sulfide) groups is 1. The lowest BCUT2D eigenvalue weighted by molar-refractivity contribution is 0.256. The minimum atomic E-state index is 0.267. The van der Waals surface area contributed by atoms with E-state index in [9.17, 15) is 0 Å². The van der Waals surface area contributed by atoms with Gasteiger partial charge >= 0.3 is 0 Å². The third kappa shape index (κ3) is 3.39. The van der Waals surface area contributed by atoms with E-state index in [1.165, 1.54) is 5.75 Å². The molecule has 0 spiro atoms. The summed E-state index contributed by atoms with van der Waals surface area (Å²) in [4.78, 5) is 6.85. The first kappa shape index (κ1) is 14.4. The number of aryl methyl sites for hydroxylation is 2. The fraction of sp³-hybridized carbons (Fsp3) is 0.467. The highest BCUT2D eigenvalue weighted by Gasteiger charge is 2.25. The van der Waals surface area contributed by atoms with E-state index in [1.54, 1.807) is 0 Å². The minimum Gasteiger partial charge on any atom is -0.399 e. The van der Waals surface area contributed by atoms with Gasteiger partial charge < -0.3 is 10.3 Å². The van der Waals surface area contributed by atoms with Gasteiger partial charge in [-0.2, -0.15) is 16.7 Å². The van der Waals surface area contributed by atoms with Crippen LogP contribution in [0.25, 0.3) is 0 Å². The Morgan fingerprint density at radius 3 is 3.05 bits per heavy atom. The molecule has 0 radical (unpaired) electrons. The standard InChI is InChI=1S/C15H20N4OS/c1-19-8-9-21-10-13(19)15-17-14(20-18-15)7-6-11-4-2-3-5-12(11)16/h2-5,13H,6-10,16H2,1H3. The van der Waals surface area contributed by atoms with Crippen LogP contribution >= 0.6 is 11.8 Å². The van der Waals surface area contributed by atoms with Crippen LogP contribution in [0.2, 0.25) is 0 Å². The average Bonchev–Trinajstić information content (AvgIpc) is 2.96. The van der Waals surface area contributed by atoms with Gasteiger partial charge in [-0.1, -0.05) is 23.4 Å². The lowest BCUT2D eigenvalue weighted by atomic mass is 10.1. The van der Waals surface area contributed by atoms with Gasteiger partial charge in [-0.05, 0) is 25.1 Å². The van der Waals surface area contributed by atoms with E-state index < -0.39 is 0 Å². The van der Waals surface area contributed by atoms with Crippen LogP contribution in [0, 0.1) is 0 Å². The van der Waals surface area contributed by atoms with Crippen LogP contribution in [0.15, 0.2) is 28.8 Å². The molecule has 1 atom stereocenters. The summed E-state index contributed by atoms with van der Waals surface area (Å²) in [6.45, 7) is 1.07. The maximum absolute atomic E-state index is 5.95. The van der Waals surface area contributed by atoms with Crippen LogP contribution in [-0.4, -0.2) is 40.1 Å². The maximum Gasteiger partial charge on any atom is 0.227 e. The molecule has 112 valence electrons. The minimum absolute atomic E-state index is 0.267. The van der Waals surface area contributed by atoms with Gasteiger partial charge in [0.15, 0.2) is 5.82 Å². The van der Waals surface area contributed by atoms with Gasteiger partial charge in [0.05, 0.1) is 6.04 Å². The highest BCUT2D eigenvalue weighted by molar-refractivity contribution is 7.99. The average molecular weight is 304 g/mol. The second-order valence-electron chi connectivity index (χ2n) is 5.32. The van der Waals surface area contributed by atoms with E-state index in [1.807, 2.05) is 36.0 Å². The molecule has 1 unspecified atom stereocenters. The Morgan fingerprint density at radius 2 is 2.24 bits per heavy atom. The molecular weight excluding hydrogens is 284 g/mol. The van der Waals surface area contributed by atoms with Crippen molar-refractivity contribution in [1.82, 2.24) is 15.0 Å². The van der Waals surface area contributed by atoms with E-state index in [2.05, 4.69) is 22.1 Å². The second kappa shape index (κ2) is 6.49. The van der Waals surface area contributed by atoms with E-state index in [4.69, 9.17) is 10.3 Å². The molecule has 6 heteroatoms. The zero-order chi connectivity index (χ0) is 14.7. The molecule has 21 heavy (non-hydrogen) atoms. The number of nitrogens with zero attached hydrogens (tertiary/aromatic N) is 3. The van der Waals surface area contributed by atoms with Gasteiger partial charge in [-0.25, -0.2) is 0 Å². The van der Waals surface area contributed by atoms with Crippen molar-refractivity contribution >= 4 is 17.4 Å². The summed E-state index contributed by atoms with van der Waals surface area (Å²) in [6.07, 6.45) is 1.55. The third-order valence-corrected chi connectivity index (χ3v) is 4.86. The fourth-order valence-corrected chi connectivity index (χ4v) is 3.68. The van der Waals surface area contributed by atoms with E-state index in [0.717, 1.165) is 42.2 Å². The van der Waals surface area contributed by atoms with E-state index >= 15 is 0 Å². The molecular formula is C15H20N4OS. The smallest absolute Gasteiger partial charge is 0.227 e. The molecule has 1 aliphatic heterocycles. The zero-order valence-electron chi connectivity index (χ0n) is 12.2. The third-order valence-electron chi connectivity index (χ3n) is 3.84. The van der Waals surface area contributed by atoms with Crippen LogP contribution < -0.4 is 5.73 Å². The Morgan fingerprint density at radius 1 is 1.38 bits per heavy atom. The second-order valence-corrected chi connectivity index (χ2v) is 6.47. The zero-order valence-corrected chi connectivity index (χ0v) is 13.0. The normalized spacial score (nSPS) is 19.8. The van der Waals surface area contributed by atoms with Gasteiger partial charge in [-0.3, -0.25) is 4.90 Å². The number of anilines is 1. The monoisotopic (exact) mass is 304 g/mol. The van der Waals surface area contributed by atoms with Gasteiger partial charge in [0.25, 0.3) is 0 Å². The highest BCUT2D eigenvalue weighted by Crippen LogP contribution is 2.26. The summed E-state index contributed by atoms with van der Waals surface area (Å²) in [5.74, 6) is 3.70. The molecule has 2 aromatic rings. The summed E-state index contributed by atoms with van der Waals surface area (Å²) >= 11 is 1.94. The number of nitrogens with two attached hydrogens (primary N) is 1. The summed E-state index contributed by atoms with van der Waals surface area (Å²) in [6, 6.07) is 8.17. The number of rotatable bonds is 4. The lowest BCUT2D eigenvalue weighted by Crippen LogP contribution is -2.33. The van der Waals surface area contributed by atoms with Crippen molar-refractivity contribution in [3.05, 3.63) is 41.5 Å². The Labute approximate surface area is 128 Å². The SMILES string of the molecule is CN1CCSCC1c1noc(CCc2ccccc2N)n1. The van der Waals surface area contributed by atoms with Crippen molar-refractivity contribution in [2.75, 3.05) is 30.8 Å². The number of para-hydroxylation sites is 1. The number of nitrogen functional groups attached to an aromatic ring is 1. The molecule has 1 saturated heterocycles. The molecule has 1 aliphatic rings. The summed E-state index contributed by atoms with van der Waals surface area (Å²) < 4.78 is 5.39. The molecule has 1 aromatic heterocycles. The predicted octanol–water partition coefficient (Wildman–Crippen LogP) is 2.16. The first-order chi connectivity index (χ1) is 10.2. The molecule has 3 rings (SSSR count). The maximum atomic E-state index is 5.95. The molecule has 0 amide bonds. The van der Waals surface area contributed by atoms with Crippen molar-refractivity contribution in [3.63, 3.8) is 0 Å². The van der Waals surface area contributed by atoms with Crippen molar-refractivity contribution < 1.29 is 4.52 Å². The van der Waals surface area contributed by atoms with E-state index in [-0.39, 0.29) is 6.04 Å². The van der Waals surface area contributed by atoms with Gasteiger partial charge in [0.2, 0.25) is 5.89 Å². The largest absolute Gasteiger partial charge is 0.399 e. The van der Waals surface area contributed by atoms with E-state index in [0.29, 0.717) is 5.89 Å². The Kier molecular flexibility index (Phi) is 4.45.